The first-order chi connectivity index (χ1) is 16.2. The maximum absolute atomic E-state index is 13.6. The molecule has 6 nitrogen and oxygen atoms in total. The standard InChI is InChI=1S/C25H17F3N4O2/c26-25(27,28)20-9-8-16(11-19(20)17-7-4-10-30-13-17)24(34)32-21-12-18(23(29)33)14-31-22(21)15-5-2-1-3-6-15/h1-14H,(H2,29,33)(H,32,34). The molecule has 0 spiro atoms. The van der Waals surface area contributed by atoms with Crippen molar-refractivity contribution in [1.29, 1.82) is 0 Å². The topological polar surface area (TPSA) is 98.0 Å². The third kappa shape index (κ3) is 4.78. The van der Waals surface area contributed by atoms with Crippen LogP contribution < -0.4 is 11.1 Å². The van der Waals surface area contributed by atoms with E-state index in [0.29, 0.717) is 11.3 Å². The van der Waals surface area contributed by atoms with Crippen LogP contribution in [-0.2, 0) is 6.18 Å². The van der Waals surface area contributed by atoms with Crippen LogP contribution in [0.3, 0.4) is 0 Å². The van der Waals surface area contributed by atoms with Gasteiger partial charge in [-0.25, -0.2) is 0 Å². The van der Waals surface area contributed by atoms with Gasteiger partial charge in [0.1, 0.15) is 0 Å². The molecule has 2 amide bonds. The number of nitrogens with zero attached hydrogens (tertiary/aromatic N) is 2. The summed E-state index contributed by atoms with van der Waals surface area (Å²) in [7, 11) is 0. The highest BCUT2D eigenvalue weighted by Gasteiger charge is 2.34. The molecule has 4 rings (SSSR count). The molecule has 0 saturated carbocycles. The summed E-state index contributed by atoms with van der Waals surface area (Å²) in [5.74, 6) is -1.42. The molecule has 0 bridgehead atoms. The number of nitrogens with one attached hydrogen (secondary N) is 1. The molecule has 0 aliphatic carbocycles. The number of hydrogen-bond acceptors (Lipinski definition) is 4. The Kier molecular flexibility index (Phi) is 6.09. The second-order valence-electron chi connectivity index (χ2n) is 7.30. The number of aromatic nitrogens is 2. The van der Waals surface area contributed by atoms with E-state index >= 15 is 0 Å². The van der Waals surface area contributed by atoms with E-state index in [1.165, 1.54) is 36.8 Å². The normalized spacial score (nSPS) is 11.1. The van der Waals surface area contributed by atoms with Gasteiger partial charge >= 0.3 is 6.18 Å². The molecule has 0 aliphatic heterocycles. The summed E-state index contributed by atoms with van der Waals surface area (Å²) in [5, 5.41) is 2.65. The average Bonchev–Trinajstić information content (AvgIpc) is 2.84. The number of amides is 2. The molecule has 34 heavy (non-hydrogen) atoms. The number of alkyl halides is 3. The molecule has 2 aromatic carbocycles. The predicted molar refractivity (Wildman–Crippen MR) is 121 cm³/mol. The number of pyridine rings is 2. The van der Waals surface area contributed by atoms with Crippen LogP contribution in [0.25, 0.3) is 22.4 Å². The summed E-state index contributed by atoms with van der Waals surface area (Å²) in [6.07, 6.45) is -0.601. The monoisotopic (exact) mass is 462 g/mol. The lowest BCUT2D eigenvalue weighted by atomic mass is 9.97. The molecule has 0 unspecified atom stereocenters. The number of nitrogens with two attached hydrogens (primary N) is 1. The fourth-order valence-corrected chi connectivity index (χ4v) is 3.41. The number of rotatable bonds is 5. The molecular formula is C25H17F3N4O2. The molecule has 0 atom stereocenters. The number of primary amides is 1. The molecule has 3 N–H and O–H groups in total. The van der Waals surface area contributed by atoms with Gasteiger partial charge in [0.25, 0.3) is 5.91 Å². The van der Waals surface area contributed by atoms with Crippen molar-refractivity contribution in [2.24, 2.45) is 5.73 Å². The Labute approximate surface area is 192 Å². The highest BCUT2D eigenvalue weighted by Crippen LogP contribution is 2.37. The van der Waals surface area contributed by atoms with Gasteiger partial charge in [0.2, 0.25) is 5.91 Å². The zero-order valence-corrected chi connectivity index (χ0v) is 17.5. The van der Waals surface area contributed by atoms with E-state index in [4.69, 9.17) is 5.73 Å². The van der Waals surface area contributed by atoms with Gasteiger partial charge in [-0.05, 0) is 35.9 Å². The molecule has 0 radical (unpaired) electrons. The molecule has 170 valence electrons. The molecule has 4 aromatic rings. The largest absolute Gasteiger partial charge is 0.417 e. The summed E-state index contributed by atoms with van der Waals surface area (Å²) in [6.45, 7) is 0. The van der Waals surface area contributed by atoms with Crippen LogP contribution in [-0.4, -0.2) is 21.8 Å². The Morgan fingerprint density at radius 2 is 1.59 bits per heavy atom. The minimum atomic E-state index is -4.62. The summed E-state index contributed by atoms with van der Waals surface area (Å²) >= 11 is 0. The van der Waals surface area contributed by atoms with Crippen LogP contribution in [0.4, 0.5) is 18.9 Å². The first-order valence-corrected chi connectivity index (χ1v) is 10.0. The molecule has 9 heteroatoms. The van der Waals surface area contributed by atoms with Crippen molar-refractivity contribution in [3.63, 3.8) is 0 Å². The predicted octanol–water partition coefficient (Wildman–Crippen LogP) is 5.18. The smallest absolute Gasteiger partial charge is 0.366 e. The van der Waals surface area contributed by atoms with Crippen molar-refractivity contribution in [3.8, 4) is 22.4 Å². The Morgan fingerprint density at radius 1 is 0.853 bits per heavy atom. The van der Waals surface area contributed by atoms with Gasteiger partial charge in [0.05, 0.1) is 22.5 Å². The lowest BCUT2D eigenvalue weighted by Gasteiger charge is -2.15. The molecule has 0 aliphatic rings. The SMILES string of the molecule is NC(=O)c1cnc(-c2ccccc2)c(NC(=O)c2ccc(C(F)(F)F)c(-c3cccnc3)c2)c1. The van der Waals surface area contributed by atoms with Crippen molar-refractivity contribution in [2.75, 3.05) is 5.32 Å². The molecule has 2 aromatic heterocycles. The molecular weight excluding hydrogens is 445 g/mol. The quantitative estimate of drug-likeness (QED) is 0.427. The summed E-state index contributed by atoms with van der Waals surface area (Å²) in [4.78, 5) is 32.9. The molecule has 0 fully saturated rings. The van der Waals surface area contributed by atoms with Crippen LogP contribution in [0.5, 0.6) is 0 Å². The number of anilines is 1. The number of halogens is 3. The third-order valence-electron chi connectivity index (χ3n) is 5.03. The number of benzene rings is 2. The second kappa shape index (κ2) is 9.14. The maximum atomic E-state index is 13.6. The highest BCUT2D eigenvalue weighted by molar-refractivity contribution is 6.07. The highest BCUT2D eigenvalue weighted by atomic mass is 19.4. The van der Waals surface area contributed by atoms with E-state index in [1.807, 2.05) is 6.07 Å². The minimum absolute atomic E-state index is 0.0182. The van der Waals surface area contributed by atoms with Gasteiger partial charge in [0, 0.05) is 35.3 Å². The summed E-state index contributed by atoms with van der Waals surface area (Å²) in [5.41, 5.74) is 5.77. The third-order valence-corrected chi connectivity index (χ3v) is 5.03. The zero-order valence-electron chi connectivity index (χ0n) is 17.5. The van der Waals surface area contributed by atoms with E-state index < -0.39 is 23.6 Å². The van der Waals surface area contributed by atoms with Gasteiger partial charge in [-0.15, -0.1) is 0 Å². The summed E-state index contributed by atoms with van der Waals surface area (Å²) in [6, 6.07) is 16.4. The van der Waals surface area contributed by atoms with Gasteiger partial charge < -0.3 is 11.1 Å². The van der Waals surface area contributed by atoms with Crippen molar-refractivity contribution < 1.29 is 22.8 Å². The van der Waals surface area contributed by atoms with E-state index in [2.05, 4.69) is 15.3 Å². The van der Waals surface area contributed by atoms with Crippen LogP contribution in [0.2, 0.25) is 0 Å². The van der Waals surface area contributed by atoms with Gasteiger partial charge in [-0.2, -0.15) is 13.2 Å². The van der Waals surface area contributed by atoms with E-state index in [0.717, 1.165) is 18.2 Å². The number of hydrogen-bond donors (Lipinski definition) is 2. The fourth-order valence-electron chi connectivity index (χ4n) is 3.41. The maximum Gasteiger partial charge on any atom is 0.417 e. The fraction of sp³-hybridized carbons (Fsp3) is 0.0400. The van der Waals surface area contributed by atoms with Crippen LogP contribution in [0, 0.1) is 0 Å². The van der Waals surface area contributed by atoms with Crippen molar-refractivity contribution >= 4 is 17.5 Å². The Bertz CT molecular complexity index is 1360. The van der Waals surface area contributed by atoms with Gasteiger partial charge in [0.15, 0.2) is 0 Å². The van der Waals surface area contributed by atoms with Gasteiger partial charge in [-0.3, -0.25) is 19.6 Å². The molecule has 0 saturated heterocycles. The van der Waals surface area contributed by atoms with Crippen LogP contribution in [0.1, 0.15) is 26.3 Å². The Hall–Kier alpha value is -4.53. The number of carbonyl (C=O) groups excluding carboxylic acids is 2. The first-order valence-electron chi connectivity index (χ1n) is 10.0. The van der Waals surface area contributed by atoms with Crippen molar-refractivity contribution in [1.82, 2.24) is 9.97 Å². The van der Waals surface area contributed by atoms with E-state index in [1.54, 1.807) is 24.3 Å². The zero-order chi connectivity index (χ0) is 24.3. The Morgan fingerprint density at radius 3 is 2.24 bits per heavy atom. The lowest BCUT2D eigenvalue weighted by Crippen LogP contribution is -2.17. The minimum Gasteiger partial charge on any atom is -0.366 e. The average molecular weight is 462 g/mol. The summed E-state index contributed by atoms with van der Waals surface area (Å²) < 4.78 is 40.8. The van der Waals surface area contributed by atoms with Crippen molar-refractivity contribution in [2.45, 2.75) is 6.18 Å². The lowest BCUT2D eigenvalue weighted by molar-refractivity contribution is -0.137. The first kappa shape index (κ1) is 22.7. The van der Waals surface area contributed by atoms with Crippen molar-refractivity contribution in [3.05, 3.63) is 102 Å². The van der Waals surface area contributed by atoms with E-state index in [9.17, 15) is 22.8 Å². The van der Waals surface area contributed by atoms with Crippen LogP contribution >= 0.6 is 0 Å². The van der Waals surface area contributed by atoms with Gasteiger partial charge in [-0.1, -0.05) is 36.4 Å². The molecule has 2 heterocycles. The van der Waals surface area contributed by atoms with Crippen LogP contribution in [0.15, 0.2) is 85.3 Å². The second-order valence-corrected chi connectivity index (χ2v) is 7.30. The number of carbonyl (C=O) groups is 2. The van der Waals surface area contributed by atoms with E-state index in [-0.39, 0.29) is 27.9 Å². The Balaban J connectivity index is 1.76.